The number of nitrogens with two attached hydrogens (primary N) is 1. The fourth-order valence-electron chi connectivity index (χ4n) is 3.98. The Balaban J connectivity index is 1.57. The van der Waals surface area contributed by atoms with Gasteiger partial charge in [0.25, 0.3) is 5.69 Å². The van der Waals surface area contributed by atoms with Crippen molar-refractivity contribution in [2.75, 3.05) is 5.73 Å². The number of ether oxygens (including phenoxy) is 1. The summed E-state index contributed by atoms with van der Waals surface area (Å²) in [7, 11) is 0. The van der Waals surface area contributed by atoms with Gasteiger partial charge >= 0.3 is 5.69 Å². The van der Waals surface area contributed by atoms with Crippen molar-refractivity contribution in [3.63, 3.8) is 0 Å². The summed E-state index contributed by atoms with van der Waals surface area (Å²) in [5, 5.41) is 27.8. The van der Waals surface area contributed by atoms with Crippen LogP contribution in [0.3, 0.4) is 0 Å². The summed E-state index contributed by atoms with van der Waals surface area (Å²) < 4.78 is 7.31. The average Bonchev–Trinajstić information content (AvgIpc) is 3.38. The zero-order chi connectivity index (χ0) is 26.6. The second-order valence-electron chi connectivity index (χ2n) is 8.43. The first kappa shape index (κ1) is 24.2. The number of nitrogen functional groups attached to an aromatic ring is 1. The number of non-ortho nitro benzene ring substituents is 1. The van der Waals surface area contributed by atoms with Crippen molar-refractivity contribution in [3.05, 3.63) is 129 Å². The first-order chi connectivity index (χ1) is 18.4. The van der Waals surface area contributed by atoms with E-state index in [1.807, 2.05) is 54.6 Å². The van der Waals surface area contributed by atoms with E-state index >= 15 is 0 Å². The molecule has 2 N–H and O–H groups in total. The second kappa shape index (κ2) is 10.2. The minimum Gasteiger partial charge on any atom is -0.489 e. The first-order valence-electron chi connectivity index (χ1n) is 11.6. The van der Waals surface area contributed by atoms with Gasteiger partial charge in [0.2, 0.25) is 0 Å². The van der Waals surface area contributed by atoms with Crippen LogP contribution in [0.5, 0.6) is 5.75 Å². The number of benzene rings is 4. The summed E-state index contributed by atoms with van der Waals surface area (Å²) in [6, 6.07) is 29.4. The summed E-state index contributed by atoms with van der Waals surface area (Å²) in [6.45, 7) is 0.411. The van der Waals surface area contributed by atoms with Crippen LogP contribution in [-0.2, 0) is 6.61 Å². The number of nitro groups is 2. The van der Waals surface area contributed by atoms with Gasteiger partial charge in [-0.15, -0.1) is 0 Å². The van der Waals surface area contributed by atoms with E-state index < -0.39 is 15.5 Å². The van der Waals surface area contributed by atoms with Crippen molar-refractivity contribution in [1.82, 2.24) is 9.78 Å². The summed E-state index contributed by atoms with van der Waals surface area (Å²) in [5.74, 6) is 0.656. The molecule has 0 amide bonds. The molecular formula is C28H21N5O5. The number of hydrogen-bond acceptors (Lipinski definition) is 7. The number of nitro benzene ring substituents is 2. The Morgan fingerprint density at radius 3 is 2.13 bits per heavy atom. The maximum Gasteiger partial charge on any atom is 0.301 e. The van der Waals surface area contributed by atoms with Gasteiger partial charge in [0.1, 0.15) is 18.0 Å². The number of nitrogens with zero attached hydrogens (tertiary/aromatic N) is 4. The van der Waals surface area contributed by atoms with Crippen molar-refractivity contribution in [2.24, 2.45) is 0 Å². The van der Waals surface area contributed by atoms with Crippen molar-refractivity contribution in [1.29, 1.82) is 0 Å². The number of anilines is 1. The zero-order valence-electron chi connectivity index (χ0n) is 19.9. The Morgan fingerprint density at radius 2 is 1.47 bits per heavy atom. The lowest BCUT2D eigenvalue weighted by Crippen LogP contribution is -2.04. The van der Waals surface area contributed by atoms with Crippen LogP contribution in [0.1, 0.15) is 5.56 Å². The molecule has 4 aromatic carbocycles. The Bertz CT molecular complexity index is 1610. The standard InChI is InChI=1S/C28H21N5O5/c29-22-10-6-20(7-11-22)25-17-27(21-8-13-24(14-9-21)38-18-19-4-2-1-3-5-19)31(30-25)26-15-12-23(32(34)35)16-28(26)33(36)37/h1-17H,18,29H2. The molecule has 0 atom stereocenters. The highest BCUT2D eigenvalue weighted by molar-refractivity contribution is 5.73. The third-order valence-electron chi connectivity index (χ3n) is 5.91. The molecule has 0 saturated heterocycles. The number of aromatic nitrogens is 2. The highest BCUT2D eigenvalue weighted by atomic mass is 16.6. The third-order valence-corrected chi connectivity index (χ3v) is 5.91. The molecule has 0 radical (unpaired) electrons. The van der Waals surface area contributed by atoms with Crippen LogP contribution in [-0.4, -0.2) is 19.6 Å². The molecule has 10 nitrogen and oxygen atoms in total. The highest BCUT2D eigenvalue weighted by Crippen LogP contribution is 2.34. The average molecular weight is 508 g/mol. The molecule has 0 aliphatic carbocycles. The maximum atomic E-state index is 11.9. The van der Waals surface area contributed by atoms with E-state index in [2.05, 4.69) is 5.10 Å². The van der Waals surface area contributed by atoms with Crippen LogP contribution in [0.4, 0.5) is 17.1 Å². The fraction of sp³-hybridized carbons (Fsp3) is 0.0357. The van der Waals surface area contributed by atoms with Crippen LogP contribution in [0, 0.1) is 20.2 Å². The topological polar surface area (TPSA) is 139 Å². The van der Waals surface area contributed by atoms with Crippen molar-refractivity contribution in [2.45, 2.75) is 6.61 Å². The van der Waals surface area contributed by atoms with E-state index in [1.165, 1.54) is 16.8 Å². The summed E-state index contributed by atoms with van der Waals surface area (Å²) in [4.78, 5) is 21.8. The van der Waals surface area contributed by atoms with Crippen molar-refractivity contribution >= 4 is 17.1 Å². The molecule has 0 spiro atoms. The molecule has 0 saturated carbocycles. The molecule has 1 heterocycles. The summed E-state index contributed by atoms with van der Waals surface area (Å²) in [5.41, 5.74) is 9.32. The SMILES string of the molecule is Nc1ccc(-c2cc(-c3ccc(OCc4ccccc4)cc3)n(-c3ccc([N+](=O)[O-])cc3[N+](=O)[O-])n2)cc1. The van der Waals surface area contributed by atoms with Gasteiger partial charge in [0.15, 0.2) is 0 Å². The van der Waals surface area contributed by atoms with Crippen LogP contribution in [0.15, 0.2) is 103 Å². The lowest BCUT2D eigenvalue weighted by atomic mass is 10.1. The van der Waals surface area contributed by atoms with E-state index in [-0.39, 0.29) is 11.4 Å². The molecule has 5 aromatic rings. The van der Waals surface area contributed by atoms with Crippen molar-refractivity contribution < 1.29 is 14.6 Å². The van der Waals surface area contributed by atoms with E-state index in [0.717, 1.165) is 22.8 Å². The Hall–Kier alpha value is -5.51. The van der Waals surface area contributed by atoms with Gasteiger partial charge in [-0.1, -0.05) is 42.5 Å². The van der Waals surface area contributed by atoms with Gasteiger partial charge in [0.05, 0.1) is 27.3 Å². The molecule has 0 aliphatic heterocycles. The normalized spacial score (nSPS) is 10.7. The Kier molecular flexibility index (Phi) is 6.51. The van der Waals surface area contributed by atoms with Crippen LogP contribution in [0.25, 0.3) is 28.2 Å². The fourth-order valence-corrected chi connectivity index (χ4v) is 3.98. The number of rotatable bonds is 8. The Labute approximate surface area is 216 Å². The van der Waals surface area contributed by atoms with Crippen LogP contribution < -0.4 is 10.5 Å². The molecule has 5 rings (SSSR count). The molecular weight excluding hydrogens is 486 g/mol. The van der Waals surface area contributed by atoms with E-state index in [4.69, 9.17) is 10.5 Å². The van der Waals surface area contributed by atoms with Crippen LogP contribution in [0.2, 0.25) is 0 Å². The van der Waals surface area contributed by atoms with Gasteiger partial charge < -0.3 is 10.5 Å². The van der Waals surface area contributed by atoms with Gasteiger partial charge in [-0.05, 0) is 54.1 Å². The second-order valence-corrected chi connectivity index (χ2v) is 8.43. The van der Waals surface area contributed by atoms with Gasteiger partial charge in [-0.2, -0.15) is 5.10 Å². The quantitative estimate of drug-likeness (QED) is 0.150. The maximum absolute atomic E-state index is 11.9. The smallest absolute Gasteiger partial charge is 0.301 e. The lowest BCUT2D eigenvalue weighted by Gasteiger charge is -2.10. The Morgan fingerprint density at radius 1 is 0.789 bits per heavy atom. The van der Waals surface area contributed by atoms with Crippen molar-refractivity contribution in [3.8, 4) is 34.0 Å². The molecule has 0 bridgehead atoms. The highest BCUT2D eigenvalue weighted by Gasteiger charge is 2.24. The zero-order valence-corrected chi connectivity index (χ0v) is 19.9. The van der Waals surface area contributed by atoms with E-state index in [9.17, 15) is 20.2 Å². The predicted molar refractivity (Wildman–Crippen MR) is 143 cm³/mol. The minimum atomic E-state index is -0.672. The van der Waals surface area contributed by atoms with E-state index in [1.54, 1.807) is 30.3 Å². The lowest BCUT2D eigenvalue weighted by molar-refractivity contribution is -0.394. The molecule has 0 fully saturated rings. The van der Waals surface area contributed by atoms with Gasteiger partial charge in [-0.3, -0.25) is 20.2 Å². The summed E-state index contributed by atoms with van der Waals surface area (Å²) in [6.07, 6.45) is 0. The number of hydrogen-bond donors (Lipinski definition) is 1. The molecule has 38 heavy (non-hydrogen) atoms. The molecule has 188 valence electrons. The molecule has 0 unspecified atom stereocenters. The molecule has 0 aliphatic rings. The van der Waals surface area contributed by atoms with Crippen LogP contribution >= 0.6 is 0 Å². The molecule has 1 aromatic heterocycles. The van der Waals surface area contributed by atoms with Gasteiger partial charge in [-0.25, -0.2) is 4.68 Å². The third kappa shape index (κ3) is 5.05. The van der Waals surface area contributed by atoms with E-state index in [0.29, 0.717) is 29.4 Å². The minimum absolute atomic E-state index is 0.0988. The first-order valence-corrected chi connectivity index (χ1v) is 11.6. The van der Waals surface area contributed by atoms with Gasteiger partial charge in [0, 0.05) is 22.9 Å². The predicted octanol–water partition coefficient (Wildman–Crippen LogP) is 6.18. The molecule has 10 heteroatoms. The summed E-state index contributed by atoms with van der Waals surface area (Å²) >= 11 is 0. The monoisotopic (exact) mass is 507 g/mol. The largest absolute Gasteiger partial charge is 0.489 e.